The Hall–Kier alpha value is -2.98. The Morgan fingerprint density at radius 1 is 0.929 bits per heavy atom. The fourth-order valence-corrected chi connectivity index (χ4v) is 3.38. The first kappa shape index (κ1) is 18.4. The molecule has 28 heavy (non-hydrogen) atoms. The number of benzene rings is 3. The molecule has 0 amide bonds. The average molecular weight is 393 g/mol. The Morgan fingerprint density at radius 3 is 2.32 bits per heavy atom. The van der Waals surface area contributed by atoms with Gasteiger partial charge in [0.05, 0.1) is 18.1 Å². The second-order valence-electron chi connectivity index (χ2n) is 6.61. The Kier molecular flexibility index (Phi) is 5.22. The van der Waals surface area contributed by atoms with Crippen molar-refractivity contribution in [3.8, 4) is 11.5 Å². The summed E-state index contributed by atoms with van der Waals surface area (Å²) in [5, 5.41) is 0.687. The van der Waals surface area contributed by atoms with Gasteiger partial charge in [-0.2, -0.15) is 0 Å². The van der Waals surface area contributed by atoms with E-state index in [1.54, 1.807) is 7.11 Å². The van der Waals surface area contributed by atoms with Crippen molar-refractivity contribution in [1.29, 1.82) is 0 Å². The molecule has 0 aliphatic carbocycles. The summed E-state index contributed by atoms with van der Waals surface area (Å²) >= 11 is 5.97. The van der Waals surface area contributed by atoms with Gasteiger partial charge in [-0.3, -0.25) is 0 Å². The van der Waals surface area contributed by atoms with Gasteiger partial charge in [0.25, 0.3) is 0 Å². The number of hydrogen-bond acceptors (Lipinski definition) is 3. The summed E-state index contributed by atoms with van der Waals surface area (Å²) in [5.74, 6) is 2.49. The van der Waals surface area contributed by atoms with Crippen molar-refractivity contribution in [2.75, 3.05) is 7.11 Å². The fourth-order valence-electron chi connectivity index (χ4n) is 3.25. The minimum absolute atomic E-state index is 0.216. The topological polar surface area (TPSA) is 36.3 Å². The van der Waals surface area contributed by atoms with Crippen molar-refractivity contribution in [3.05, 3.63) is 89.2 Å². The summed E-state index contributed by atoms with van der Waals surface area (Å²) < 4.78 is 13.6. The summed E-state index contributed by atoms with van der Waals surface area (Å²) in [6.07, 6.45) is -0.216. The first-order chi connectivity index (χ1) is 13.6. The molecule has 142 valence electrons. The van der Waals surface area contributed by atoms with E-state index in [4.69, 9.17) is 26.1 Å². The van der Waals surface area contributed by atoms with Crippen LogP contribution in [0.4, 0.5) is 0 Å². The van der Waals surface area contributed by atoms with Gasteiger partial charge < -0.3 is 14.0 Å². The van der Waals surface area contributed by atoms with Gasteiger partial charge in [0.1, 0.15) is 11.5 Å². The van der Waals surface area contributed by atoms with Crippen LogP contribution in [0, 0.1) is 0 Å². The number of fused-ring (bicyclic) bond motifs is 1. The molecule has 1 heterocycles. The predicted molar refractivity (Wildman–Crippen MR) is 112 cm³/mol. The Balaban J connectivity index is 1.68. The summed E-state index contributed by atoms with van der Waals surface area (Å²) in [5.41, 5.74) is 3.21. The lowest BCUT2D eigenvalue weighted by Crippen LogP contribution is -2.12. The molecule has 0 aliphatic heterocycles. The van der Waals surface area contributed by atoms with E-state index >= 15 is 0 Å². The van der Waals surface area contributed by atoms with E-state index in [-0.39, 0.29) is 6.10 Å². The Morgan fingerprint density at radius 2 is 1.61 bits per heavy atom. The Bertz CT molecular complexity index is 1070. The Labute approximate surface area is 169 Å². The zero-order valence-electron chi connectivity index (χ0n) is 15.8. The SMILES string of the molecule is COc1ccc(Cn2c(C(C)Oc3ccc(Cl)cc3)nc3ccccc32)cc1. The molecular formula is C23H21ClN2O2. The lowest BCUT2D eigenvalue weighted by Gasteiger charge is -2.17. The molecule has 0 aliphatic rings. The van der Waals surface area contributed by atoms with Crippen LogP contribution >= 0.6 is 11.6 Å². The molecule has 0 spiro atoms. The van der Waals surface area contributed by atoms with Crippen LogP contribution < -0.4 is 9.47 Å². The number of ether oxygens (including phenoxy) is 2. The van der Waals surface area contributed by atoms with Crippen molar-refractivity contribution in [3.63, 3.8) is 0 Å². The normalized spacial score (nSPS) is 12.1. The maximum absolute atomic E-state index is 6.14. The second kappa shape index (κ2) is 7.95. The monoisotopic (exact) mass is 392 g/mol. The van der Waals surface area contributed by atoms with Crippen molar-refractivity contribution < 1.29 is 9.47 Å². The van der Waals surface area contributed by atoms with Crippen LogP contribution in [0.15, 0.2) is 72.8 Å². The molecule has 0 radical (unpaired) electrons. The highest BCUT2D eigenvalue weighted by molar-refractivity contribution is 6.30. The van der Waals surface area contributed by atoms with Crippen molar-refractivity contribution >= 4 is 22.6 Å². The minimum atomic E-state index is -0.216. The van der Waals surface area contributed by atoms with Crippen molar-refractivity contribution in [2.24, 2.45) is 0 Å². The average Bonchev–Trinajstić information content (AvgIpc) is 3.09. The van der Waals surface area contributed by atoms with Crippen LogP contribution in [0.3, 0.4) is 0 Å². The molecule has 0 saturated heterocycles. The van der Waals surface area contributed by atoms with Gasteiger partial charge in [0, 0.05) is 11.6 Å². The van der Waals surface area contributed by atoms with Gasteiger partial charge in [-0.1, -0.05) is 35.9 Å². The number of nitrogens with zero attached hydrogens (tertiary/aromatic N) is 2. The molecular weight excluding hydrogens is 372 g/mol. The zero-order chi connectivity index (χ0) is 19.5. The first-order valence-corrected chi connectivity index (χ1v) is 9.52. The molecule has 0 saturated carbocycles. The van der Waals surface area contributed by atoms with E-state index in [1.165, 1.54) is 5.56 Å². The van der Waals surface area contributed by atoms with Crippen LogP contribution in [0.1, 0.15) is 24.4 Å². The molecule has 1 atom stereocenters. The van der Waals surface area contributed by atoms with E-state index in [1.807, 2.05) is 61.5 Å². The summed E-state index contributed by atoms with van der Waals surface area (Å²) in [6, 6.07) is 23.6. The number of hydrogen-bond donors (Lipinski definition) is 0. The molecule has 4 rings (SSSR count). The van der Waals surface area contributed by atoms with Crippen LogP contribution in [0.5, 0.6) is 11.5 Å². The van der Waals surface area contributed by atoms with Crippen molar-refractivity contribution in [1.82, 2.24) is 9.55 Å². The second-order valence-corrected chi connectivity index (χ2v) is 7.04. The predicted octanol–water partition coefficient (Wildman–Crippen LogP) is 5.89. The first-order valence-electron chi connectivity index (χ1n) is 9.14. The lowest BCUT2D eigenvalue weighted by molar-refractivity contribution is 0.212. The number of methoxy groups -OCH3 is 1. The number of para-hydroxylation sites is 2. The van der Waals surface area contributed by atoms with Crippen LogP contribution in [0.25, 0.3) is 11.0 Å². The van der Waals surface area contributed by atoms with Gasteiger partial charge in [-0.05, 0) is 61.0 Å². The van der Waals surface area contributed by atoms with E-state index in [0.717, 1.165) is 28.4 Å². The highest BCUT2D eigenvalue weighted by Crippen LogP contribution is 2.27. The third kappa shape index (κ3) is 3.82. The van der Waals surface area contributed by atoms with Gasteiger partial charge in [0.15, 0.2) is 11.9 Å². The van der Waals surface area contributed by atoms with Gasteiger partial charge in [0.2, 0.25) is 0 Å². The molecule has 1 aromatic heterocycles. The van der Waals surface area contributed by atoms with Crippen molar-refractivity contribution in [2.45, 2.75) is 19.6 Å². The molecule has 3 aromatic carbocycles. The standard InChI is InChI=1S/C23H21ClN2O2/c1-16(28-20-13-9-18(24)10-14-20)23-25-21-5-3-4-6-22(21)26(23)15-17-7-11-19(27-2)12-8-17/h3-14,16H,15H2,1-2H3. The largest absolute Gasteiger partial charge is 0.497 e. The number of aromatic nitrogens is 2. The number of rotatable bonds is 6. The summed E-state index contributed by atoms with van der Waals surface area (Å²) in [6.45, 7) is 2.72. The fraction of sp³-hybridized carbons (Fsp3) is 0.174. The third-order valence-electron chi connectivity index (χ3n) is 4.67. The molecule has 0 N–H and O–H groups in total. The van der Waals surface area contributed by atoms with E-state index in [9.17, 15) is 0 Å². The van der Waals surface area contributed by atoms with Gasteiger partial charge in [-0.15, -0.1) is 0 Å². The van der Waals surface area contributed by atoms with Crippen LogP contribution in [-0.4, -0.2) is 16.7 Å². The number of halogens is 1. The van der Waals surface area contributed by atoms with E-state index < -0.39 is 0 Å². The highest BCUT2D eigenvalue weighted by atomic mass is 35.5. The maximum Gasteiger partial charge on any atom is 0.153 e. The molecule has 0 bridgehead atoms. The maximum atomic E-state index is 6.14. The smallest absolute Gasteiger partial charge is 0.153 e. The lowest BCUT2D eigenvalue weighted by atomic mass is 10.2. The molecule has 4 nitrogen and oxygen atoms in total. The van der Waals surface area contributed by atoms with Crippen LogP contribution in [-0.2, 0) is 6.54 Å². The molecule has 5 heteroatoms. The van der Waals surface area contributed by atoms with Crippen LogP contribution in [0.2, 0.25) is 5.02 Å². The van der Waals surface area contributed by atoms with Gasteiger partial charge >= 0.3 is 0 Å². The molecule has 1 unspecified atom stereocenters. The highest BCUT2D eigenvalue weighted by Gasteiger charge is 2.18. The third-order valence-corrected chi connectivity index (χ3v) is 4.93. The number of imidazole rings is 1. The molecule has 0 fully saturated rings. The zero-order valence-corrected chi connectivity index (χ0v) is 16.6. The summed E-state index contributed by atoms with van der Waals surface area (Å²) in [7, 11) is 1.67. The quantitative estimate of drug-likeness (QED) is 0.410. The van der Waals surface area contributed by atoms with Gasteiger partial charge in [-0.25, -0.2) is 4.98 Å². The minimum Gasteiger partial charge on any atom is -0.497 e. The van der Waals surface area contributed by atoms with E-state index in [2.05, 4.69) is 22.8 Å². The summed E-state index contributed by atoms with van der Waals surface area (Å²) in [4.78, 5) is 4.84. The molecule has 4 aromatic rings. The van der Waals surface area contributed by atoms with E-state index in [0.29, 0.717) is 11.6 Å².